The zero-order valence-electron chi connectivity index (χ0n) is 7.56. The van der Waals surface area contributed by atoms with Crippen LogP contribution in [-0.4, -0.2) is 18.7 Å². The van der Waals surface area contributed by atoms with Crippen LogP contribution in [0.4, 0.5) is 13.2 Å². The smallest absolute Gasteiger partial charge is 0.256 e. The topological polar surface area (TPSA) is 11.3 Å². The summed E-state index contributed by atoms with van der Waals surface area (Å²) in [7, 11) is 0. The molecule has 0 atom stereocenters. The van der Waals surface area contributed by atoms with Crippen molar-refractivity contribution in [1.82, 2.24) is 0 Å². The minimum atomic E-state index is -4.29. The Hall–Kier alpha value is -1.41. The largest absolute Gasteiger partial charge is 0.381 e. The van der Waals surface area contributed by atoms with E-state index in [0.29, 0.717) is 12.2 Å². The molecule has 14 heavy (non-hydrogen) atoms. The van der Waals surface area contributed by atoms with Gasteiger partial charge in [-0.1, -0.05) is 0 Å². The number of hydrogen-bond donors (Lipinski definition) is 0. The number of hydrogen-bond acceptors (Lipinski definition) is 0. The third kappa shape index (κ3) is 2.82. The van der Waals surface area contributed by atoms with Crippen molar-refractivity contribution >= 4 is 5.94 Å². The third-order valence-corrected chi connectivity index (χ3v) is 1.55. The molecule has 1 rings (SSSR count). The maximum atomic E-state index is 12.1. The Bertz CT molecular complexity index is 328. The average molecular weight is 202 g/mol. The molecule has 0 N–H and O–H groups in total. The molecule has 0 saturated heterocycles. The van der Waals surface area contributed by atoms with E-state index >= 15 is 0 Å². The lowest BCUT2D eigenvalue weighted by atomic mass is 10.0. The fourth-order valence-corrected chi connectivity index (χ4v) is 0.883. The van der Waals surface area contributed by atoms with Crippen LogP contribution in [0.2, 0.25) is 0 Å². The lowest BCUT2D eigenvalue weighted by Crippen LogP contribution is -2.11. The number of halogens is 3. The number of carbonyl (C=O) groups excluding carboxylic acids is 1. The summed E-state index contributed by atoms with van der Waals surface area (Å²) in [6, 6.07) is 0. The van der Waals surface area contributed by atoms with Crippen molar-refractivity contribution in [2.75, 3.05) is 6.61 Å². The van der Waals surface area contributed by atoms with Gasteiger partial charge in [0.15, 0.2) is 0 Å². The summed E-state index contributed by atoms with van der Waals surface area (Å²) in [5.74, 6) is 2.51. The Balaban J connectivity index is 2.77. The van der Waals surface area contributed by atoms with Crippen LogP contribution in [0.25, 0.3) is 0 Å². The molecule has 0 radical (unpaired) electrons. The minimum absolute atomic E-state index is 0.445. The first-order valence-electron chi connectivity index (χ1n) is 4.09. The molecule has 0 spiro atoms. The molecule has 0 fully saturated rings. The van der Waals surface area contributed by atoms with Crippen LogP contribution in [0.5, 0.6) is 0 Å². The van der Waals surface area contributed by atoms with Crippen molar-refractivity contribution < 1.29 is 17.6 Å². The highest BCUT2D eigenvalue weighted by molar-refractivity contribution is 5.65. The fourth-order valence-electron chi connectivity index (χ4n) is 0.883. The fraction of sp³-hybridized carbons (Fsp3) is 0.300. The van der Waals surface area contributed by atoms with Crippen molar-refractivity contribution in [3.8, 4) is 0 Å². The predicted molar refractivity (Wildman–Crippen MR) is 47.3 cm³/mol. The van der Waals surface area contributed by atoms with Gasteiger partial charge in [-0.15, -0.1) is 24.6 Å². The molecule has 0 aromatic heterocycles. The van der Waals surface area contributed by atoms with E-state index < -0.39 is 11.7 Å². The second-order valence-electron chi connectivity index (χ2n) is 2.61. The van der Waals surface area contributed by atoms with E-state index in [1.54, 1.807) is 6.92 Å². The van der Waals surface area contributed by atoms with Crippen LogP contribution >= 0.6 is 0 Å². The summed E-state index contributed by atoms with van der Waals surface area (Å²) in [6.45, 7) is 2.22. The predicted octanol–water partition coefficient (Wildman–Crippen LogP) is 2.56. The van der Waals surface area contributed by atoms with Gasteiger partial charge in [-0.2, -0.15) is 13.2 Å². The first kappa shape index (κ1) is 10.7. The molecule has 0 aliphatic heterocycles. The Labute approximate surface area is 79.9 Å². The quantitative estimate of drug-likeness (QED) is 0.352. The van der Waals surface area contributed by atoms with Crippen molar-refractivity contribution in [2.45, 2.75) is 13.1 Å². The van der Waals surface area contributed by atoms with Gasteiger partial charge in [-0.25, -0.2) is 0 Å². The van der Waals surface area contributed by atoms with Gasteiger partial charge in [0.25, 0.3) is 6.61 Å². The van der Waals surface area contributed by atoms with E-state index in [4.69, 9.17) is 4.42 Å². The Morgan fingerprint density at radius 3 is 2.57 bits per heavy atom. The normalized spacial score (nSPS) is 15.7. The molecule has 0 aromatic rings. The van der Waals surface area contributed by atoms with Gasteiger partial charge >= 0.3 is 6.18 Å². The molecular weight excluding hydrogens is 193 g/mol. The van der Waals surface area contributed by atoms with Crippen molar-refractivity contribution in [3.05, 3.63) is 35.8 Å². The molecule has 1 aliphatic carbocycles. The first-order valence-corrected chi connectivity index (χ1v) is 4.09. The van der Waals surface area contributed by atoms with E-state index in [9.17, 15) is 13.2 Å². The van der Waals surface area contributed by atoms with Gasteiger partial charge in [0.1, 0.15) is 0 Å². The summed E-state index contributed by atoms with van der Waals surface area (Å²) in [5.41, 5.74) is -0.167. The van der Waals surface area contributed by atoms with Crippen molar-refractivity contribution in [2.24, 2.45) is 0 Å². The SMILES string of the molecule is CC[O+]=C=C1C=CC(C(F)(F)F)=C[CH-]1. The molecule has 1 nitrogen and oxygen atoms in total. The highest BCUT2D eigenvalue weighted by atomic mass is 19.4. The van der Waals surface area contributed by atoms with Gasteiger partial charge in [0.05, 0.1) is 0 Å². The summed E-state index contributed by atoms with van der Waals surface area (Å²) >= 11 is 0. The summed E-state index contributed by atoms with van der Waals surface area (Å²) in [6.07, 6.45) is 0.351. The average Bonchev–Trinajstić information content (AvgIpc) is 2.14. The van der Waals surface area contributed by atoms with E-state index in [1.165, 1.54) is 12.5 Å². The maximum absolute atomic E-state index is 12.1. The van der Waals surface area contributed by atoms with E-state index in [0.717, 1.165) is 12.2 Å². The van der Waals surface area contributed by atoms with Crippen LogP contribution in [0, 0.1) is 6.42 Å². The van der Waals surface area contributed by atoms with E-state index in [2.05, 4.69) is 5.94 Å². The van der Waals surface area contributed by atoms with Crippen LogP contribution in [0.1, 0.15) is 6.92 Å². The summed E-state index contributed by atoms with van der Waals surface area (Å²) in [4.78, 5) is 0. The van der Waals surface area contributed by atoms with Gasteiger partial charge in [0, 0.05) is 6.92 Å². The number of alkyl halides is 3. The second-order valence-corrected chi connectivity index (χ2v) is 2.61. The molecule has 0 heterocycles. The van der Waals surface area contributed by atoms with E-state index in [1.807, 2.05) is 0 Å². The maximum Gasteiger partial charge on any atom is 0.381 e. The molecule has 0 amide bonds. The highest BCUT2D eigenvalue weighted by Crippen LogP contribution is 2.29. The van der Waals surface area contributed by atoms with Gasteiger partial charge < -0.3 is 0 Å². The van der Waals surface area contributed by atoms with Gasteiger partial charge in [-0.3, -0.25) is 4.42 Å². The minimum Gasteiger partial charge on any atom is -0.256 e. The molecule has 1 aliphatic rings. The molecular formula is C10H9F3O. The van der Waals surface area contributed by atoms with Gasteiger partial charge in [-0.05, 0) is 11.1 Å². The lowest BCUT2D eigenvalue weighted by Gasteiger charge is -2.16. The monoisotopic (exact) mass is 202 g/mol. The first-order chi connectivity index (χ1) is 6.54. The molecule has 4 heteroatoms. The Kier molecular flexibility index (Phi) is 3.20. The molecule has 76 valence electrons. The second kappa shape index (κ2) is 4.20. The number of allylic oxidation sites excluding steroid dienone is 5. The van der Waals surface area contributed by atoms with Crippen molar-refractivity contribution in [3.63, 3.8) is 0 Å². The van der Waals surface area contributed by atoms with Crippen LogP contribution in [0.3, 0.4) is 0 Å². The third-order valence-electron chi connectivity index (χ3n) is 1.55. The molecule has 0 aromatic carbocycles. The standard InChI is InChI=1S/C10H9F3O/c1-2-14-7-8-3-5-9(6-4-8)10(11,12)13/h3-6H,2H2,1H3. The summed E-state index contributed by atoms with van der Waals surface area (Å²) in [5, 5.41) is 0. The highest BCUT2D eigenvalue weighted by Gasteiger charge is 2.27. The Morgan fingerprint density at radius 2 is 2.14 bits per heavy atom. The zero-order chi connectivity index (χ0) is 10.6. The Morgan fingerprint density at radius 1 is 1.43 bits per heavy atom. The molecule has 0 bridgehead atoms. The van der Waals surface area contributed by atoms with Crippen LogP contribution < -0.4 is 0 Å². The van der Waals surface area contributed by atoms with E-state index in [-0.39, 0.29) is 0 Å². The zero-order valence-corrected chi connectivity index (χ0v) is 7.56. The molecule has 0 saturated carbocycles. The molecule has 0 unspecified atom stereocenters. The number of rotatable bonds is 1. The van der Waals surface area contributed by atoms with Crippen LogP contribution in [0.15, 0.2) is 29.4 Å². The van der Waals surface area contributed by atoms with Crippen LogP contribution in [-0.2, 0) is 4.42 Å². The summed E-state index contributed by atoms with van der Waals surface area (Å²) < 4.78 is 41.2. The van der Waals surface area contributed by atoms with Gasteiger partial charge in [0.2, 0.25) is 5.94 Å². The van der Waals surface area contributed by atoms with Crippen molar-refractivity contribution in [1.29, 1.82) is 0 Å². The lowest BCUT2D eigenvalue weighted by molar-refractivity contribution is -0.0883.